The van der Waals surface area contributed by atoms with Gasteiger partial charge >= 0.3 is 29.9 Å². The predicted molar refractivity (Wildman–Crippen MR) is 206 cm³/mol. The van der Waals surface area contributed by atoms with Crippen LogP contribution in [0.3, 0.4) is 0 Å². The number of halogens is 4. The van der Waals surface area contributed by atoms with Gasteiger partial charge in [0.2, 0.25) is 17.6 Å². The number of alkyl halides is 4. The van der Waals surface area contributed by atoms with Crippen LogP contribution in [0.2, 0.25) is 0 Å². The lowest BCUT2D eigenvalue weighted by Crippen LogP contribution is -2.48. The van der Waals surface area contributed by atoms with Gasteiger partial charge in [0.1, 0.15) is 11.6 Å². The number of hydrogen-bond donors (Lipinski definition) is 6. The molecule has 59 heavy (non-hydrogen) atoms. The number of aliphatic carboxylic acids is 1. The molecular weight excluding hydrogens is 780 g/mol. The fraction of sp³-hybridized carbons (Fsp3) is 0.390. The first kappa shape index (κ1) is 43.8. The average Bonchev–Trinajstić information content (AvgIpc) is 3.68. The zero-order valence-corrected chi connectivity index (χ0v) is 32.6. The largest absolute Gasteiger partial charge is 0.478 e. The number of hydrogen-bond acceptors (Lipinski definition) is 8. The zero-order valence-electron chi connectivity index (χ0n) is 32.6. The molecule has 3 amide bonds. The number of aromatic nitrogens is 3. The van der Waals surface area contributed by atoms with Gasteiger partial charge in [0, 0.05) is 30.1 Å². The van der Waals surface area contributed by atoms with Gasteiger partial charge in [0.15, 0.2) is 5.82 Å². The number of carboxylic acids is 2. The number of rotatable bonds is 14. The number of ether oxygens (including phenoxy) is 1. The van der Waals surface area contributed by atoms with Gasteiger partial charge in [-0.15, -0.1) is 10.2 Å². The van der Waals surface area contributed by atoms with Crippen molar-refractivity contribution < 1.29 is 56.5 Å². The van der Waals surface area contributed by atoms with Gasteiger partial charge in [0.05, 0.1) is 5.56 Å². The van der Waals surface area contributed by atoms with Crippen molar-refractivity contribution in [2.75, 3.05) is 11.9 Å². The van der Waals surface area contributed by atoms with Gasteiger partial charge in [0.25, 0.3) is 0 Å². The summed E-state index contributed by atoms with van der Waals surface area (Å²) in [6.07, 6.45) is 1.95. The Kier molecular flexibility index (Phi) is 13.1. The lowest BCUT2D eigenvalue weighted by atomic mass is 9.81. The topological polar surface area (TPSA) is 213 Å². The van der Waals surface area contributed by atoms with E-state index in [-0.39, 0.29) is 40.9 Å². The van der Waals surface area contributed by atoms with E-state index in [1.54, 1.807) is 52.0 Å². The molecule has 0 bridgehead atoms. The average molecular weight is 825 g/mol. The van der Waals surface area contributed by atoms with Crippen LogP contribution in [0.15, 0.2) is 66.7 Å². The van der Waals surface area contributed by atoms with Crippen molar-refractivity contribution >= 4 is 35.5 Å². The Bertz CT molecular complexity index is 2180. The van der Waals surface area contributed by atoms with Crippen molar-refractivity contribution in [2.45, 2.75) is 83.3 Å². The van der Waals surface area contributed by atoms with E-state index in [4.69, 9.17) is 9.84 Å². The number of benzene rings is 3. The predicted octanol–water partition coefficient (Wildman–Crippen LogP) is 6.95. The number of carbonyl (C=O) groups is 5. The monoisotopic (exact) mass is 824 g/mol. The van der Waals surface area contributed by atoms with E-state index in [2.05, 4.69) is 26.1 Å². The van der Waals surface area contributed by atoms with Crippen LogP contribution < -0.4 is 16.0 Å². The van der Waals surface area contributed by atoms with Crippen molar-refractivity contribution in [3.05, 3.63) is 89.2 Å². The smallest absolute Gasteiger partial charge is 0.411 e. The second-order valence-corrected chi connectivity index (χ2v) is 15.4. The molecule has 6 N–H and O–H groups in total. The first-order valence-corrected chi connectivity index (χ1v) is 18.7. The number of nitrogens with zero attached hydrogens (tertiary/aromatic N) is 2. The molecule has 1 aliphatic rings. The van der Waals surface area contributed by atoms with Crippen LogP contribution in [0.4, 0.5) is 28.0 Å². The van der Waals surface area contributed by atoms with E-state index in [1.807, 2.05) is 17.1 Å². The first-order chi connectivity index (χ1) is 27.6. The standard InChI is InChI=1S/C41H44F4N6O8/c1-22-19-28(35(54)55)15-18-30(22)25-9-5-23(6-10-25)20-31(48-33(52)27-11-7-24(8-12-27)21-46-38(58)59-39(2,3)4)34(53)47-29-16-13-26(14-17-29)32-49-36(51-50-32)40(42,43)41(44,45)37(56)57/h5-6,9-10,13-19,24,27,31H,7-8,11-12,20-21H2,1-4H3,(H,46,58)(H,47,53)(H,48,52)(H,54,55)(H,56,57)(H,49,50,51)/t24-,27-,31-/m0/s1. The summed E-state index contributed by atoms with van der Waals surface area (Å²) in [4.78, 5) is 63.7. The van der Waals surface area contributed by atoms with Crippen LogP contribution in [0.5, 0.6) is 0 Å². The number of aryl methyl sites for hydroxylation is 1. The normalized spacial score (nSPS) is 16.4. The van der Waals surface area contributed by atoms with E-state index in [0.29, 0.717) is 37.8 Å². The number of carboxylic acid groups (broad SMARTS) is 2. The minimum absolute atomic E-state index is 0.0814. The molecule has 314 valence electrons. The van der Waals surface area contributed by atoms with Crippen LogP contribution in [0, 0.1) is 18.8 Å². The highest BCUT2D eigenvalue weighted by atomic mass is 19.3. The summed E-state index contributed by atoms with van der Waals surface area (Å²) in [5, 5.41) is 32.8. The lowest BCUT2D eigenvalue weighted by molar-refractivity contribution is -0.231. The fourth-order valence-electron chi connectivity index (χ4n) is 6.60. The van der Waals surface area contributed by atoms with E-state index in [9.17, 15) is 46.6 Å². The summed E-state index contributed by atoms with van der Waals surface area (Å²) >= 11 is 0. The van der Waals surface area contributed by atoms with Gasteiger partial charge in [-0.3, -0.25) is 9.59 Å². The summed E-state index contributed by atoms with van der Waals surface area (Å²) in [5.41, 5.74) is 2.94. The maximum absolute atomic E-state index is 14.3. The number of aromatic amines is 1. The Morgan fingerprint density at radius 1 is 0.864 bits per heavy atom. The third-order valence-corrected chi connectivity index (χ3v) is 9.84. The van der Waals surface area contributed by atoms with Crippen molar-refractivity contribution in [1.82, 2.24) is 25.8 Å². The zero-order chi connectivity index (χ0) is 43.3. The quantitative estimate of drug-likeness (QED) is 0.0720. The highest BCUT2D eigenvalue weighted by Gasteiger charge is 2.65. The van der Waals surface area contributed by atoms with Gasteiger partial charge in [-0.1, -0.05) is 30.3 Å². The van der Waals surface area contributed by atoms with E-state index in [1.165, 1.54) is 30.3 Å². The molecule has 0 saturated heterocycles. The second-order valence-electron chi connectivity index (χ2n) is 15.4. The fourth-order valence-corrected chi connectivity index (χ4v) is 6.60. The third-order valence-electron chi connectivity index (χ3n) is 9.84. The molecule has 18 heteroatoms. The van der Waals surface area contributed by atoms with Crippen LogP contribution in [-0.2, 0) is 31.5 Å². The molecule has 5 rings (SSSR count). The van der Waals surface area contributed by atoms with Gasteiger partial charge in [-0.05, 0) is 118 Å². The molecule has 0 spiro atoms. The van der Waals surface area contributed by atoms with E-state index in [0.717, 1.165) is 16.7 Å². The number of nitrogens with one attached hydrogen (secondary N) is 4. The number of anilines is 1. The van der Waals surface area contributed by atoms with Crippen molar-refractivity contribution in [3.63, 3.8) is 0 Å². The molecule has 3 aromatic carbocycles. The first-order valence-electron chi connectivity index (χ1n) is 18.7. The van der Waals surface area contributed by atoms with Crippen LogP contribution in [0.1, 0.15) is 73.8 Å². The maximum atomic E-state index is 14.3. The summed E-state index contributed by atoms with van der Waals surface area (Å²) in [7, 11) is 0. The van der Waals surface area contributed by atoms with Crippen molar-refractivity contribution in [2.24, 2.45) is 11.8 Å². The molecule has 4 aromatic rings. The van der Waals surface area contributed by atoms with Crippen LogP contribution in [0.25, 0.3) is 22.5 Å². The van der Waals surface area contributed by atoms with Gasteiger partial charge in [-0.2, -0.15) is 17.6 Å². The van der Waals surface area contributed by atoms with Crippen LogP contribution in [-0.4, -0.2) is 79.4 Å². The number of carbonyl (C=O) groups excluding carboxylic acids is 3. The molecule has 1 saturated carbocycles. The molecule has 14 nitrogen and oxygen atoms in total. The Morgan fingerprint density at radius 3 is 2.07 bits per heavy atom. The third kappa shape index (κ3) is 10.8. The maximum Gasteiger partial charge on any atom is 0.411 e. The number of alkyl carbamates (subject to hydrolysis) is 1. The van der Waals surface area contributed by atoms with Gasteiger partial charge < -0.3 is 35.9 Å². The summed E-state index contributed by atoms with van der Waals surface area (Å²) < 4.78 is 61.2. The minimum atomic E-state index is -5.46. The summed E-state index contributed by atoms with van der Waals surface area (Å²) in [5.74, 6) is -17.9. The molecule has 1 aliphatic carbocycles. The summed E-state index contributed by atoms with van der Waals surface area (Å²) in [6, 6.07) is 16.4. The molecule has 1 heterocycles. The van der Waals surface area contributed by atoms with Crippen LogP contribution >= 0.6 is 0 Å². The molecule has 0 aliphatic heterocycles. The number of H-pyrrole nitrogens is 1. The van der Waals surface area contributed by atoms with E-state index >= 15 is 0 Å². The molecule has 0 unspecified atom stereocenters. The van der Waals surface area contributed by atoms with Gasteiger partial charge in [-0.25, -0.2) is 14.4 Å². The Labute approximate surface area is 336 Å². The molecule has 1 fully saturated rings. The number of aromatic carboxylic acids is 1. The molecular formula is C41H44F4N6O8. The Hall–Kier alpha value is -6.33. The molecule has 1 atom stereocenters. The SMILES string of the molecule is Cc1cc(C(=O)O)ccc1-c1ccc(C[C@H](NC(=O)[C@H]2CC[C@H](CNC(=O)OC(C)(C)C)CC2)C(=O)Nc2ccc(-c3nnc(C(F)(F)C(F)(F)C(=O)O)[nH]3)cc2)cc1. The summed E-state index contributed by atoms with van der Waals surface area (Å²) in [6.45, 7) is 7.51. The Balaban J connectivity index is 1.29. The Morgan fingerprint density at radius 2 is 1.49 bits per heavy atom. The highest BCUT2D eigenvalue weighted by Crippen LogP contribution is 2.42. The lowest BCUT2D eigenvalue weighted by Gasteiger charge is -2.29. The highest BCUT2D eigenvalue weighted by molar-refractivity contribution is 5.98. The molecule has 0 radical (unpaired) electrons. The minimum Gasteiger partial charge on any atom is -0.478 e. The molecule has 1 aromatic heterocycles. The van der Waals surface area contributed by atoms with Crippen molar-refractivity contribution in [3.8, 4) is 22.5 Å². The number of amides is 3. The second kappa shape index (κ2) is 17.7. The van der Waals surface area contributed by atoms with Crippen molar-refractivity contribution in [1.29, 1.82) is 0 Å². The van der Waals surface area contributed by atoms with E-state index < -0.39 is 59.2 Å².